The summed E-state index contributed by atoms with van der Waals surface area (Å²) in [6.07, 6.45) is 4.19. The molecule has 45 heavy (non-hydrogen) atoms. The third-order valence-corrected chi connectivity index (χ3v) is 8.72. The highest BCUT2D eigenvalue weighted by Crippen LogP contribution is 2.46. The van der Waals surface area contributed by atoms with Gasteiger partial charge in [-0.1, -0.05) is 6.07 Å². The molecule has 2 aromatic carbocycles. The van der Waals surface area contributed by atoms with E-state index in [2.05, 4.69) is 4.98 Å². The van der Waals surface area contributed by atoms with Gasteiger partial charge in [-0.15, -0.1) is 0 Å². The van der Waals surface area contributed by atoms with E-state index in [1.54, 1.807) is 44.3 Å². The zero-order valence-electron chi connectivity index (χ0n) is 25.1. The molecule has 2 aromatic heterocycles. The van der Waals surface area contributed by atoms with Gasteiger partial charge >= 0.3 is 0 Å². The molecular formula is C35H34FN3O6. The summed E-state index contributed by atoms with van der Waals surface area (Å²) in [5.41, 5.74) is 5.43. The number of aromatic nitrogens is 2. The lowest BCUT2D eigenvalue weighted by atomic mass is 9.81. The van der Waals surface area contributed by atoms with E-state index in [1.807, 2.05) is 6.07 Å². The summed E-state index contributed by atoms with van der Waals surface area (Å²) in [6.45, 7) is 3.10. The van der Waals surface area contributed by atoms with Crippen molar-refractivity contribution >= 4 is 28.4 Å². The predicted molar refractivity (Wildman–Crippen MR) is 164 cm³/mol. The summed E-state index contributed by atoms with van der Waals surface area (Å²) in [5.74, 6) is -0.136. The van der Waals surface area contributed by atoms with Gasteiger partial charge in [-0.25, -0.2) is 9.37 Å². The standard InChI is InChI=1S/C35H34FN3O6/c1-34(33(37)42)19-45-32-26(34)17-29(39-31(32)21-7-9-24(36)10-8-21)35(2,43)12-11-27(41)23-15-22-4-3-13-38-30(22)28(16-23)44-18-25(40)14-20-5-6-20/h3-4,7-10,13,15-17,20,43H,5-6,11-12,14,18-19H2,1-2H3,(H2,37,42)/t34-,35-/m0/s1. The number of carbonyl (C=O) groups excluding carboxylic acids is 3. The Labute approximate surface area is 259 Å². The number of Topliss-reactive ketones (excluding diaryl/α,β-unsaturated/α-hetero) is 2. The van der Waals surface area contributed by atoms with Gasteiger partial charge in [0, 0.05) is 41.1 Å². The Morgan fingerprint density at radius 1 is 1.16 bits per heavy atom. The maximum Gasteiger partial charge on any atom is 0.231 e. The van der Waals surface area contributed by atoms with Crippen LogP contribution < -0.4 is 15.2 Å². The van der Waals surface area contributed by atoms with Crippen LogP contribution in [0.1, 0.15) is 67.6 Å². The number of aliphatic hydroxyl groups is 1. The molecule has 2 aliphatic rings. The summed E-state index contributed by atoms with van der Waals surface area (Å²) < 4.78 is 25.5. The fraction of sp³-hybridized carbons (Fsp3) is 0.343. The zero-order chi connectivity index (χ0) is 31.9. The molecule has 0 radical (unpaired) electrons. The van der Waals surface area contributed by atoms with Crippen molar-refractivity contribution in [3.8, 4) is 22.8 Å². The van der Waals surface area contributed by atoms with Crippen molar-refractivity contribution in [2.45, 2.75) is 57.0 Å². The minimum Gasteiger partial charge on any atom is -0.489 e. The van der Waals surface area contributed by atoms with Crippen LogP contribution in [-0.2, 0) is 20.6 Å². The normalized spacial score (nSPS) is 18.6. The smallest absolute Gasteiger partial charge is 0.231 e. The molecule has 1 amide bonds. The Morgan fingerprint density at radius 2 is 1.91 bits per heavy atom. The fourth-order valence-corrected chi connectivity index (χ4v) is 5.59. The first-order valence-electron chi connectivity index (χ1n) is 15.0. The van der Waals surface area contributed by atoms with Gasteiger partial charge in [0.25, 0.3) is 0 Å². The van der Waals surface area contributed by atoms with Crippen LogP contribution in [0.3, 0.4) is 0 Å². The maximum absolute atomic E-state index is 13.7. The highest BCUT2D eigenvalue weighted by molar-refractivity contribution is 6.01. The van der Waals surface area contributed by atoms with E-state index in [0.29, 0.717) is 57.1 Å². The molecule has 10 heteroatoms. The number of halogens is 1. The van der Waals surface area contributed by atoms with Gasteiger partial charge in [0.05, 0.1) is 5.69 Å². The molecule has 2 atom stereocenters. The number of hydrogen-bond acceptors (Lipinski definition) is 8. The second-order valence-electron chi connectivity index (χ2n) is 12.4. The first-order chi connectivity index (χ1) is 21.4. The number of primary amides is 1. The third-order valence-electron chi connectivity index (χ3n) is 8.72. The lowest BCUT2D eigenvalue weighted by molar-refractivity contribution is -0.123. The largest absolute Gasteiger partial charge is 0.489 e. The molecule has 3 heterocycles. The number of carbonyl (C=O) groups is 3. The van der Waals surface area contributed by atoms with Gasteiger partial charge in [-0.05, 0) is 87.6 Å². The number of fused-ring (bicyclic) bond motifs is 2. The number of nitrogens with two attached hydrogens (primary N) is 1. The van der Waals surface area contributed by atoms with Crippen LogP contribution in [0.2, 0.25) is 0 Å². The molecule has 9 nitrogen and oxygen atoms in total. The second-order valence-corrected chi connectivity index (χ2v) is 12.4. The summed E-state index contributed by atoms with van der Waals surface area (Å²) in [4.78, 5) is 47.4. The van der Waals surface area contributed by atoms with Gasteiger partial charge in [-0.3, -0.25) is 19.4 Å². The molecule has 232 valence electrons. The van der Waals surface area contributed by atoms with Crippen LogP contribution in [0, 0.1) is 11.7 Å². The SMILES string of the molecule is C[C@](O)(CCC(=O)c1cc(OCC(=O)CC2CC2)c2ncccc2c1)c1cc2c(c(-c3ccc(F)cc3)n1)OC[C@]2(C)C(N)=O. The van der Waals surface area contributed by atoms with Gasteiger partial charge in [0.15, 0.2) is 11.6 Å². The molecular weight excluding hydrogens is 577 g/mol. The predicted octanol–water partition coefficient (Wildman–Crippen LogP) is 5.19. The number of ether oxygens (including phenoxy) is 2. The van der Waals surface area contributed by atoms with Gasteiger partial charge in [-0.2, -0.15) is 0 Å². The lowest BCUT2D eigenvalue weighted by Gasteiger charge is -2.26. The second kappa shape index (κ2) is 11.7. The average Bonchev–Trinajstić information content (AvgIpc) is 3.77. The van der Waals surface area contributed by atoms with Crippen LogP contribution in [-0.4, -0.2) is 45.8 Å². The van der Waals surface area contributed by atoms with Crippen LogP contribution in [0.4, 0.5) is 4.39 Å². The average molecular weight is 612 g/mol. The van der Waals surface area contributed by atoms with E-state index in [1.165, 1.54) is 24.3 Å². The number of benzene rings is 2. The lowest BCUT2D eigenvalue weighted by Crippen LogP contribution is -2.40. The summed E-state index contributed by atoms with van der Waals surface area (Å²) in [7, 11) is 0. The summed E-state index contributed by atoms with van der Waals surface area (Å²) in [5, 5.41) is 12.4. The Morgan fingerprint density at radius 3 is 2.62 bits per heavy atom. The Bertz CT molecular complexity index is 1820. The van der Waals surface area contributed by atoms with E-state index in [-0.39, 0.29) is 43.3 Å². The van der Waals surface area contributed by atoms with Crippen molar-refractivity contribution in [2.75, 3.05) is 13.2 Å². The topological polar surface area (TPSA) is 142 Å². The van der Waals surface area contributed by atoms with Crippen molar-refractivity contribution in [1.82, 2.24) is 9.97 Å². The van der Waals surface area contributed by atoms with Crippen LogP contribution in [0.25, 0.3) is 22.2 Å². The fourth-order valence-electron chi connectivity index (χ4n) is 5.59. The minimum absolute atomic E-state index is 0.00420. The van der Waals surface area contributed by atoms with E-state index < -0.39 is 22.7 Å². The first-order valence-corrected chi connectivity index (χ1v) is 15.0. The van der Waals surface area contributed by atoms with E-state index in [9.17, 15) is 23.9 Å². The Hall–Kier alpha value is -4.70. The van der Waals surface area contributed by atoms with Crippen LogP contribution >= 0.6 is 0 Å². The number of pyridine rings is 2. The molecule has 0 bridgehead atoms. The summed E-state index contributed by atoms with van der Waals surface area (Å²) >= 11 is 0. The number of ketones is 2. The molecule has 0 unspecified atom stereocenters. The van der Waals surface area contributed by atoms with E-state index >= 15 is 0 Å². The van der Waals surface area contributed by atoms with Crippen molar-refractivity contribution in [1.29, 1.82) is 0 Å². The molecule has 0 spiro atoms. The molecule has 3 N–H and O–H groups in total. The molecule has 1 aliphatic heterocycles. The minimum atomic E-state index is -1.60. The van der Waals surface area contributed by atoms with Crippen molar-refractivity contribution in [3.05, 3.63) is 83.4 Å². The highest BCUT2D eigenvalue weighted by atomic mass is 19.1. The molecule has 0 saturated heterocycles. The molecule has 1 aliphatic carbocycles. The zero-order valence-corrected chi connectivity index (χ0v) is 25.1. The summed E-state index contributed by atoms with van der Waals surface area (Å²) in [6, 6.07) is 14.1. The Kier molecular flexibility index (Phi) is 7.86. The maximum atomic E-state index is 13.7. The molecule has 1 saturated carbocycles. The third kappa shape index (κ3) is 6.15. The van der Waals surface area contributed by atoms with Crippen LogP contribution in [0.5, 0.6) is 11.5 Å². The number of amides is 1. The molecule has 4 aromatic rings. The van der Waals surface area contributed by atoms with E-state index in [0.717, 1.165) is 12.8 Å². The van der Waals surface area contributed by atoms with Crippen molar-refractivity contribution < 1.29 is 33.4 Å². The van der Waals surface area contributed by atoms with Crippen molar-refractivity contribution in [3.63, 3.8) is 0 Å². The number of hydrogen-bond donors (Lipinski definition) is 2. The first kappa shape index (κ1) is 30.3. The number of nitrogens with zero attached hydrogens (tertiary/aromatic N) is 2. The quantitative estimate of drug-likeness (QED) is 0.209. The highest BCUT2D eigenvalue weighted by Gasteiger charge is 2.45. The number of rotatable bonds is 12. The van der Waals surface area contributed by atoms with Crippen LogP contribution in [0.15, 0.2) is 60.8 Å². The molecule has 1 fully saturated rings. The van der Waals surface area contributed by atoms with Gasteiger partial charge < -0.3 is 20.3 Å². The Balaban J connectivity index is 1.27. The van der Waals surface area contributed by atoms with Gasteiger partial charge in [0.2, 0.25) is 5.91 Å². The monoisotopic (exact) mass is 611 g/mol. The molecule has 6 rings (SSSR count). The van der Waals surface area contributed by atoms with E-state index in [4.69, 9.17) is 20.2 Å². The van der Waals surface area contributed by atoms with Gasteiger partial charge in [0.1, 0.15) is 52.8 Å². The van der Waals surface area contributed by atoms with Crippen molar-refractivity contribution in [2.24, 2.45) is 11.7 Å².